The van der Waals surface area contributed by atoms with Crippen LogP contribution in [0.5, 0.6) is 0 Å². The zero-order chi connectivity index (χ0) is 13.7. The SMILES string of the molecule is CCCCN1CCC(NC(=O)c2occc2C)CC1. The van der Waals surface area contributed by atoms with E-state index < -0.39 is 0 Å². The lowest BCUT2D eigenvalue weighted by Crippen LogP contribution is -2.44. The number of carbonyl (C=O) groups excluding carboxylic acids is 1. The summed E-state index contributed by atoms with van der Waals surface area (Å²) in [5.41, 5.74) is 0.901. The summed E-state index contributed by atoms with van der Waals surface area (Å²) in [4.78, 5) is 14.5. The molecule has 1 fully saturated rings. The third-order valence-electron chi connectivity index (χ3n) is 3.82. The van der Waals surface area contributed by atoms with E-state index >= 15 is 0 Å². The molecule has 1 saturated heterocycles. The fourth-order valence-corrected chi connectivity index (χ4v) is 2.54. The molecule has 1 aliphatic heterocycles. The number of hydrogen-bond acceptors (Lipinski definition) is 3. The van der Waals surface area contributed by atoms with Crippen LogP contribution in [0.4, 0.5) is 0 Å². The molecule has 1 amide bonds. The number of aryl methyl sites for hydroxylation is 1. The molecule has 0 aliphatic carbocycles. The fraction of sp³-hybridized carbons (Fsp3) is 0.667. The number of nitrogens with zero attached hydrogens (tertiary/aromatic N) is 1. The smallest absolute Gasteiger partial charge is 0.287 e. The summed E-state index contributed by atoms with van der Waals surface area (Å²) in [6, 6.07) is 2.11. The van der Waals surface area contributed by atoms with Gasteiger partial charge in [0.15, 0.2) is 5.76 Å². The quantitative estimate of drug-likeness (QED) is 0.889. The van der Waals surface area contributed by atoms with Crippen LogP contribution in [-0.2, 0) is 0 Å². The first-order valence-electron chi connectivity index (χ1n) is 7.28. The average Bonchev–Trinajstić information content (AvgIpc) is 2.84. The molecule has 106 valence electrons. The maximum atomic E-state index is 12.0. The van der Waals surface area contributed by atoms with Crippen molar-refractivity contribution in [2.45, 2.75) is 45.6 Å². The van der Waals surface area contributed by atoms with E-state index in [1.165, 1.54) is 19.4 Å². The van der Waals surface area contributed by atoms with Gasteiger partial charge in [-0.25, -0.2) is 0 Å². The monoisotopic (exact) mass is 264 g/mol. The maximum absolute atomic E-state index is 12.0. The minimum absolute atomic E-state index is 0.0745. The van der Waals surface area contributed by atoms with Gasteiger partial charge in [-0.2, -0.15) is 0 Å². The van der Waals surface area contributed by atoms with Gasteiger partial charge in [0.2, 0.25) is 0 Å². The number of amides is 1. The minimum atomic E-state index is -0.0745. The van der Waals surface area contributed by atoms with Crippen molar-refractivity contribution < 1.29 is 9.21 Å². The van der Waals surface area contributed by atoms with Crippen LogP contribution in [0.3, 0.4) is 0 Å². The predicted octanol–water partition coefficient (Wildman–Crippen LogP) is 2.58. The molecular formula is C15H24N2O2. The van der Waals surface area contributed by atoms with Gasteiger partial charge in [-0.1, -0.05) is 13.3 Å². The van der Waals surface area contributed by atoms with Gasteiger partial charge in [0.1, 0.15) is 0 Å². The van der Waals surface area contributed by atoms with Crippen LogP contribution in [0.1, 0.15) is 48.7 Å². The van der Waals surface area contributed by atoms with E-state index in [1.54, 1.807) is 6.26 Å². The maximum Gasteiger partial charge on any atom is 0.287 e. The molecule has 1 N–H and O–H groups in total. The van der Waals surface area contributed by atoms with Crippen molar-refractivity contribution in [3.63, 3.8) is 0 Å². The van der Waals surface area contributed by atoms with E-state index in [9.17, 15) is 4.79 Å². The van der Waals surface area contributed by atoms with Crippen molar-refractivity contribution in [1.29, 1.82) is 0 Å². The minimum Gasteiger partial charge on any atom is -0.459 e. The van der Waals surface area contributed by atoms with E-state index in [1.807, 2.05) is 13.0 Å². The molecule has 4 nitrogen and oxygen atoms in total. The zero-order valence-corrected chi connectivity index (χ0v) is 11.9. The molecule has 4 heteroatoms. The van der Waals surface area contributed by atoms with Crippen LogP contribution in [-0.4, -0.2) is 36.5 Å². The standard InChI is InChI=1S/C15H24N2O2/c1-3-4-8-17-9-5-13(6-10-17)16-15(18)14-12(2)7-11-19-14/h7,11,13H,3-6,8-10H2,1-2H3,(H,16,18). The molecule has 19 heavy (non-hydrogen) atoms. The highest BCUT2D eigenvalue weighted by molar-refractivity contribution is 5.92. The summed E-state index contributed by atoms with van der Waals surface area (Å²) < 4.78 is 5.22. The van der Waals surface area contributed by atoms with E-state index in [-0.39, 0.29) is 11.9 Å². The molecule has 2 heterocycles. The van der Waals surface area contributed by atoms with Gasteiger partial charge >= 0.3 is 0 Å². The third-order valence-corrected chi connectivity index (χ3v) is 3.82. The first-order valence-corrected chi connectivity index (χ1v) is 7.28. The number of nitrogens with one attached hydrogen (secondary N) is 1. The first-order chi connectivity index (χ1) is 9.20. The highest BCUT2D eigenvalue weighted by atomic mass is 16.3. The summed E-state index contributed by atoms with van der Waals surface area (Å²) in [6.45, 7) is 7.48. The number of hydrogen-bond donors (Lipinski definition) is 1. The first kappa shape index (κ1) is 14.1. The number of rotatable bonds is 5. The van der Waals surface area contributed by atoms with Crippen molar-refractivity contribution in [2.24, 2.45) is 0 Å². The Hall–Kier alpha value is -1.29. The Kier molecular flexibility index (Phi) is 5.02. The third kappa shape index (κ3) is 3.83. The number of furan rings is 1. The van der Waals surface area contributed by atoms with Gasteiger partial charge in [-0.3, -0.25) is 4.79 Å². The largest absolute Gasteiger partial charge is 0.459 e. The normalized spacial score (nSPS) is 17.6. The van der Waals surface area contributed by atoms with Crippen molar-refractivity contribution >= 4 is 5.91 Å². The number of likely N-dealkylation sites (tertiary alicyclic amines) is 1. The molecule has 2 rings (SSSR count). The van der Waals surface area contributed by atoms with Crippen LogP contribution in [0.2, 0.25) is 0 Å². The van der Waals surface area contributed by atoms with Gasteiger partial charge in [-0.05, 0) is 38.8 Å². The Morgan fingerprint density at radius 2 is 2.21 bits per heavy atom. The predicted molar refractivity (Wildman–Crippen MR) is 75.3 cm³/mol. The lowest BCUT2D eigenvalue weighted by Gasteiger charge is -2.32. The van der Waals surface area contributed by atoms with E-state index in [4.69, 9.17) is 4.42 Å². The van der Waals surface area contributed by atoms with Gasteiger partial charge in [0.25, 0.3) is 5.91 Å². The summed E-state index contributed by atoms with van der Waals surface area (Å²) in [5, 5.41) is 3.08. The number of carbonyl (C=O) groups is 1. The highest BCUT2D eigenvalue weighted by Crippen LogP contribution is 2.13. The highest BCUT2D eigenvalue weighted by Gasteiger charge is 2.22. The molecule has 0 bridgehead atoms. The Labute approximate surface area is 115 Å². The van der Waals surface area contributed by atoms with E-state index in [0.717, 1.165) is 31.5 Å². The molecule has 0 radical (unpaired) electrons. The van der Waals surface area contributed by atoms with Crippen molar-refractivity contribution in [3.8, 4) is 0 Å². The Morgan fingerprint density at radius 3 is 2.79 bits per heavy atom. The molecule has 0 unspecified atom stereocenters. The summed E-state index contributed by atoms with van der Waals surface area (Å²) in [5.74, 6) is 0.378. The molecule has 0 aromatic carbocycles. The molecular weight excluding hydrogens is 240 g/mol. The second kappa shape index (κ2) is 6.75. The second-order valence-corrected chi connectivity index (χ2v) is 5.38. The van der Waals surface area contributed by atoms with E-state index in [0.29, 0.717) is 5.76 Å². The topological polar surface area (TPSA) is 45.5 Å². The van der Waals surface area contributed by atoms with Crippen molar-refractivity contribution in [1.82, 2.24) is 10.2 Å². The van der Waals surface area contributed by atoms with Crippen LogP contribution >= 0.6 is 0 Å². The van der Waals surface area contributed by atoms with Gasteiger partial charge in [0, 0.05) is 24.7 Å². The molecule has 1 aromatic heterocycles. The van der Waals surface area contributed by atoms with Crippen LogP contribution in [0.25, 0.3) is 0 Å². The summed E-state index contributed by atoms with van der Waals surface area (Å²) >= 11 is 0. The van der Waals surface area contributed by atoms with Crippen molar-refractivity contribution in [2.75, 3.05) is 19.6 Å². The molecule has 0 atom stereocenters. The van der Waals surface area contributed by atoms with Gasteiger partial charge < -0.3 is 14.6 Å². The summed E-state index contributed by atoms with van der Waals surface area (Å²) in [7, 11) is 0. The Bertz CT molecular complexity index is 406. The molecule has 0 saturated carbocycles. The number of piperidine rings is 1. The average molecular weight is 264 g/mol. The molecule has 1 aromatic rings. The fourth-order valence-electron chi connectivity index (χ4n) is 2.54. The van der Waals surface area contributed by atoms with Gasteiger partial charge in [-0.15, -0.1) is 0 Å². The van der Waals surface area contributed by atoms with Gasteiger partial charge in [0.05, 0.1) is 6.26 Å². The zero-order valence-electron chi connectivity index (χ0n) is 11.9. The van der Waals surface area contributed by atoms with E-state index in [2.05, 4.69) is 17.1 Å². The second-order valence-electron chi connectivity index (χ2n) is 5.38. The van der Waals surface area contributed by atoms with Crippen LogP contribution in [0, 0.1) is 6.92 Å². The Balaban J connectivity index is 1.77. The van der Waals surface area contributed by atoms with Crippen LogP contribution < -0.4 is 5.32 Å². The Morgan fingerprint density at radius 1 is 1.47 bits per heavy atom. The van der Waals surface area contributed by atoms with Crippen LogP contribution in [0.15, 0.2) is 16.7 Å². The van der Waals surface area contributed by atoms with Crippen molar-refractivity contribution in [3.05, 3.63) is 23.7 Å². The summed E-state index contributed by atoms with van der Waals surface area (Å²) in [6.07, 6.45) is 6.15. The lowest BCUT2D eigenvalue weighted by molar-refractivity contribution is 0.0882. The lowest BCUT2D eigenvalue weighted by atomic mass is 10.0. The molecule has 0 spiro atoms. The molecule has 1 aliphatic rings. The number of unbranched alkanes of at least 4 members (excludes halogenated alkanes) is 1.